The molecule has 0 aliphatic rings. The molecule has 2 atom stereocenters. The van der Waals surface area contributed by atoms with Gasteiger partial charge in [0.1, 0.15) is 0 Å². The van der Waals surface area contributed by atoms with Crippen LogP contribution in [0.1, 0.15) is 25.5 Å². The summed E-state index contributed by atoms with van der Waals surface area (Å²) in [6, 6.07) is 7.70. The van der Waals surface area contributed by atoms with Gasteiger partial charge in [-0.25, -0.2) is 8.42 Å². The van der Waals surface area contributed by atoms with Gasteiger partial charge in [-0.1, -0.05) is 19.1 Å². The average Bonchev–Trinajstić information content (AvgIpc) is 2.34. The van der Waals surface area contributed by atoms with E-state index in [1.54, 1.807) is 12.1 Å². The second-order valence-electron chi connectivity index (χ2n) is 4.67. The molecule has 0 heterocycles. The molecule has 1 aromatic carbocycles. The molecule has 0 aromatic heterocycles. The number of anilines is 1. The molecule has 0 aliphatic carbocycles. The first-order valence-electron chi connectivity index (χ1n) is 6.15. The fourth-order valence-electron chi connectivity index (χ4n) is 1.60. The minimum atomic E-state index is -3.20. The number of hydrogen-bond donors (Lipinski definition) is 2. The molecule has 0 saturated heterocycles. The van der Waals surface area contributed by atoms with E-state index < -0.39 is 10.0 Å². The van der Waals surface area contributed by atoms with Crippen LogP contribution >= 0.6 is 11.8 Å². The zero-order valence-electron chi connectivity index (χ0n) is 11.8. The van der Waals surface area contributed by atoms with E-state index in [1.165, 1.54) is 0 Å². The lowest BCUT2D eigenvalue weighted by Gasteiger charge is -2.17. The van der Waals surface area contributed by atoms with Crippen molar-refractivity contribution in [2.75, 3.05) is 23.8 Å². The van der Waals surface area contributed by atoms with Gasteiger partial charge in [0.2, 0.25) is 10.0 Å². The highest BCUT2D eigenvalue weighted by atomic mass is 32.2. The predicted molar refractivity (Wildman–Crippen MR) is 84.3 cm³/mol. The van der Waals surface area contributed by atoms with E-state index in [4.69, 9.17) is 0 Å². The second kappa shape index (κ2) is 7.17. The van der Waals surface area contributed by atoms with Crippen molar-refractivity contribution in [1.29, 1.82) is 0 Å². The molecule has 19 heavy (non-hydrogen) atoms. The minimum absolute atomic E-state index is 0.252. The lowest BCUT2D eigenvalue weighted by Crippen LogP contribution is -2.25. The molecule has 0 amide bonds. The van der Waals surface area contributed by atoms with Crippen LogP contribution in [0.15, 0.2) is 24.3 Å². The van der Waals surface area contributed by atoms with Crippen molar-refractivity contribution in [3.63, 3.8) is 0 Å². The fourth-order valence-corrected chi connectivity index (χ4v) is 2.42. The Morgan fingerprint density at radius 2 is 1.79 bits per heavy atom. The maximum absolute atomic E-state index is 11.1. The standard InChI is InChI=1S/C13H22N2O2S2/c1-10(18-3)9-14-11(2)12-5-7-13(8-6-12)15-19(4,16)17/h5-8,10-11,14-15H,9H2,1-4H3/t10-,11-/m0/s1. The molecule has 0 aliphatic heterocycles. The first-order chi connectivity index (χ1) is 8.81. The third-order valence-electron chi connectivity index (χ3n) is 2.83. The summed E-state index contributed by atoms with van der Waals surface area (Å²) in [4.78, 5) is 0. The summed E-state index contributed by atoms with van der Waals surface area (Å²) in [6.07, 6.45) is 3.25. The van der Waals surface area contributed by atoms with Crippen LogP contribution in [0.5, 0.6) is 0 Å². The Morgan fingerprint density at radius 1 is 1.21 bits per heavy atom. The average molecular weight is 302 g/mol. The van der Waals surface area contributed by atoms with Gasteiger partial charge in [-0.2, -0.15) is 11.8 Å². The predicted octanol–water partition coefficient (Wildman–Crippen LogP) is 2.46. The largest absolute Gasteiger partial charge is 0.309 e. The minimum Gasteiger partial charge on any atom is -0.309 e. The van der Waals surface area contributed by atoms with E-state index in [0.717, 1.165) is 18.4 Å². The fraction of sp³-hybridized carbons (Fsp3) is 0.538. The molecule has 0 bridgehead atoms. The molecule has 0 spiro atoms. The highest BCUT2D eigenvalue weighted by Gasteiger charge is 2.07. The molecule has 4 nitrogen and oxygen atoms in total. The van der Waals surface area contributed by atoms with Gasteiger partial charge in [-0.3, -0.25) is 4.72 Å². The van der Waals surface area contributed by atoms with E-state index >= 15 is 0 Å². The van der Waals surface area contributed by atoms with Gasteiger partial charge >= 0.3 is 0 Å². The van der Waals surface area contributed by atoms with Crippen LogP contribution in [0.3, 0.4) is 0 Å². The third kappa shape index (κ3) is 6.31. The zero-order valence-corrected chi connectivity index (χ0v) is 13.4. The van der Waals surface area contributed by atoms with E-state index in [0.29, 0.717) is 10.9 Å². The molecule has 0 fully saturated rings. The molecule has 0 radical (unpaired) electrons. The van der Waals surface area contributed by atoms with Crippen LogP contribution in [0.25, 0.3) is 0 Å². The van der Waals surface area contributed by atoms with E-state index in [9.17, 15) is 8.42 Å². The van der Waals surface area contributed by atoms with Crippen molar-refractivity contribution in [3.05, 3.63) is 29.8 Å². The van der Waals surface area contributed by atoms with Crippen molar-refractivity contribution in [2.45, 2.75) is 25.1 Å². The molecule has 0 saturated carbocycles. The lowest BCUT2D eigenvalue weighted by atomic mass is 10.1. The first kappa shape index (κ1) is 16.3. The molecule has 2 N–H and O–H groups in total. The number of sulfonamides is 1. The van der Waals surface area contributed by atoms with E-state index in [1.807, 2.05) is 23.9 Å². The Kier molecular flexibility index (Phi) is 6.16. The molecular formula is C13H22N2O2S2. The molecule has 1 aromatic rings. The Hall–Kier alpha value is -0.720. The second-order valence-corrected chi connectivity index (χ2v) is 7.70. The van der Waals surface area contributed by atoms with Crippen LogP contribution in [0.4, 0.5) is 5.69 Å². The zero-order chi connectivity index (χ0) is 14.5. The molecule has 6 heteroatoms. The Morgan fingerprint density at radius 3 is 2.26 bits per heavy atom. The summed E-state index contributed by atoms with van der Waals surface area (Å²) >= 11 is 1.83. The van der Waals surface area contributed by atoms with Gasteiger partial charge in [0, 0.05) is 23.5 Å². The van der Waals surface area contributed by atoms with Crippen LogP contribution in [-0.4, -0.2) is 32.7 Å². The topological polar surface area (TPSA) is 58.2 Å². The highest BCUT2D eigenvalue weighted by molar-refractivity contribution is 7.99. The van der Waals surface area contributed by atoms with Gasteiger partial charge < -0.3 is 5.32 Å². The summed E-state index contributed by atoms with van der Waals surface area (Å²) < 4.78 is 24.7. The van der Waals surface area contributed by atoms with Crippen LogP contribution < -0.4 is 10.0 Å². The summed E-state index contributed by atoms with van der Waals surface area (Å²) in [5.74, 6) is 0. The third-order valence-corrected chi connectivity index (χ3v) is 4.41. The van der Waals surface area contributed by atoms with Gasteiger partial charge in [0.25, 0.3) is 0 Å². The van der Waals surface area contributed by atoms with Gasteiger partial charge in [0.15, 0.2) is 0 Å². The quantitative estimate of drug-likeness (QED) is 0.812. The van der Waals surface area contributed by atoms with Crippen LogP contribution in [0, 0.1) is 0 Å². The number of thioether (sulfide) groups is 1. The molecule has 0 unspecified atom stereocenters. The van der Waals surface area contributed by atoms with Crippen molar-refractivity contribution < 1.29 is 8.42 Å². The van der Waals surface area contributed by atoms with Crippen molar-refractivity contribution >= 4 is 27.5 Å². The van der Waals surface area contributed by atoms with Gasteiger partial charge in [0.05, 0.1) is 6.26 Å². The number of hydrogen-bond acceptors (Lipinski definition) is 4. The van der Waals surface area contributed by atoms with E-state index in [-0.39, 0.29) is 6.04 Å². The summed E-state index contributed by atoms with van der Waals surface area (Å²) in [5.41, 5.74) is 1.74. The Labute approximate surface area is 120 Å². The van der Waals surface area contributed by atoms with Gasteiger partial charge in [-0.05, 0) is 30.9 Å². The maximum Gasteiger partial charge on any atom is 0.229 e. The number of nitrogens with one attached hydrogen (secondary N) is 2. The SMILES string of the molecule is CS[C@@H](C)CN[C@@H](C)c1ccc(NS(C)(=O)=O)cc1. The first-order valence-corrected chi connectivity index (χ1v) is 9.33. The molecular weight excluding hydrogens is 280 g/mol. The molecule has 108 valence electrons. The van der Waals surface area contributed by atoms with Crippen molar-refractivity contribution in [1.82, 2.24) is 5.32 Å². The molecule has 1 rings (SSSR count). The smallest absolute Gasteiger partial charge is 0.229 e. The van der Waals surface area contributed by atoms with Crippen molar-refractivity contribution in [3.8, 4) is 0 Å². The number of rotatable bonds is 7. The van der Waals surface area contributed by atoms with Crippen molar-refractivity contribution in [2.24, 2.45) is 0 Å². The number of benzene rings is 1. The highest BCUT2D eigenvalue weighted by Crippen LogP contribution is 2.17. The maximum atomic E-state index is 11.1. The van der Waals surface area contributed by atoms with Crippen LogP contribution in [-0.2, 0) is 10.0 Å². The Balaban J connectivity index is 2.60. The Bertz CT molecular complexity index is 486. The summed E-state index contributed by atoms with van der Waals surface area (Å²) in [5, 5.41) is 4.04. The van der Waals surface area contributed by atoms with Gasteiger partial charge in [-0.15, -0.1) is 0 Å². The van der Waals surface area contributed by atoms with Crippen LogP contribution in [0.2, 0.25) is 0 Å². The van der Waals surface area contributed by atoms with E-state index in [2.05, 4.69) is 30.1 Å². The normalized spacial score (nSPS) is 14.9. The summed E-state index contributed by atoms with van der Waals surface area (Å²) in [7, 11) is -3.20. The lowest BCUT2D eigenvalue weighted by molar-refractivity contribution is 0.576. The summed E-state index contributed by atoms with van der Waals surface area (Å²) in [6.45, 7) is 5.24. The monoisotopic (exact) mass is 302 g/mol.